The van der Waals surface area contributed by atoms with E-state index in [9.17, 15) is 0 Å². The zero-order chi connectivity index (χ0) is 10.9. The first kappa shape index (κ1) is 9.73. The molecule has 1 atom stereocenters. The topological polar surface area (TPSA) is 76.4 Å². The molecule has 1 aliphatic rings. The molecule has 78 valence electrons. The minimum Gasteiger partial charge on any atom is -0.384 e. The molecule has 4 heteroatoms. The van der Waals surface area contributed by atoms with Crippen LogP contribution in [0.1, 0.15) is 12.5 Å². The lowest BCUT2D eigenvalue weighted by Crippen LogP contribution is -2.51. The average Bonchev–Trinajstić information content (AvgIpc) is 2.16. The predicted octanol–water partition coefficient (Wildman–Crippen LogP) is 0.620. The van der Waals surface area contributed by atoms with Crippen LogP contribution in [-0.4, -0.2) is 11.6 Å². The number of aliphatic imine (C=N–C) groups is 1. The summed E-state index contributed by atoms with van der Waals surface area (Å²) in [7, 11) is 0. The summed E-state index contributed by atoms with van der Waals surface area (Å²) in [5, 5.41) is 3.11. The van der Waals surface area contributed by atoms with Gasteiger partial charge in [0.25, 0.3) is 0 Å². The molecule has 1 aromatic rings. The van der Waals surface area contributed by atoms with Gasteiger partial charge in [0.1, 0.15) is 5.84 Å². The molecule has 0 saturated heterocycles. The zero-order valence-corrected chi connectivity index (χ0v) is 8.57. The molecule has 0 amide bonds. The molecule has 1 aromatic carbocycles. The molecule has 0 aliphatic carbocycles. The van der Waals surface area contributed by atoms with Crippen molar-refractivity contribution in [3.05, 3.63) is 42.0 Å². The van der Waals surface area contributed by atoms with Gasteiger partial charge in [-0.1, -0.05) is 30.3 Å². The SMILES string of the molecule is CC1(N)N=C(N)C=C(c2ccccc2)N1. The van der Waals surface area contributed by atoms with Crippen molar-refractivity contribution in [1.29, 1.82) is 0 Å². The van der Waals surface area contributed by atoms with Crippen LogP contribution in [0, 0.1) is 0 Å². The fourth-order valence-electron chi connectivity index (χ4n) is 1.56. The molecular formula is C11H14N4. The largest absolute Gasteiger partial charge is 0.384 e. The van der Waals surface area contributed by atoms with Gasteiger partial charge in [0.15, 0.2) is 5.79 Å². The smallest absolute Gasteiger partial charge is 0.181 e. The van der Waals surface area contributed by atoms with Gasteiger partial charge in [-0.25, -0.2) is 4.99 Å². The van der Waals surface area contributed by atoms with Crippen molar-refractivity contribution in [3.8, 4) is 0 Å². The summed E-state index contributed by atoms with van der Waals surface area (Å²) >= 11 is 0. The van der Waals surface area contributed by atoms with Crippen LogP contribution >= 0.6 is 0 Å². The maximum atomic E-state index is 5.88. The summed E-state index contributed by atoms with van der Waals surface area (Å²) in [6.45, 7) is 1.77. The molecule has 0 saturated carbocycles. The van der Waals surface area contributed by atoms with E-state index in [1.807, 2.05) is 30.3 Å². The second-order valence-corrected chi connectivity index (χ2v) is 3.73. The fraction of sp³-hybridized carbons (Fsp3) is 0.182. The minimum absolute atomic E-state index is 0.442. The highest BCUT2D eigenvalue weighted by atomic mass is 15.3. The van der Waals surface area contributed by atoms with Gasteiger partial charge < -0.3 is 11.1 Å². The highest BCUT2D eigenvalue weighted by Gasteiger charge is 2.22. The molecule has 15 heavy (non-hydrogen) atoms. The van der Waals surface area contributed by atoms with Crippen LogP contribution in [0.25, 0.3) is 5.70 Å². The van der Waals surface area contributed by atoms with Crippen LogP contribution in [0.4, 0.5) is 0 Å². The molecule has 1 unspecified atom stereocenters. The van der Waals surface area contributed by atoms with Crippen LogP contribution in [0.2, 0.25) is 0 Å². The molecule has 5 N–H and O–H groups in total. The first-order valence-corrected chi connectivity index (χ1v) is 4.76. The Morgan fingerprint density at radius 1 is 1.27 bits per heavy atom. The molecule has 0 spiro atoms. The van der Waals surface area contributed by atoms with E-state index >= 15 is 0 Å². The van der Waals surface area contributed by atoms with Crippen molar-refractivity contribution in [2.75, 3.05) is 0 Å². The van der Waals surface area contributed by atoms with Gasteiger partial charge in [-0.2, -0.15) is 0 Å². The normalized spacial score (nSPS) is 25.2. The number of benzene rings is 1. The van der Waals surface area contributed by atoms with E-state index in [2.05, 4.69) is 10.3 Å². The summed E-state index contributed by atoms with van der Waals surface area (Å²) in [5.74, 6) is -0.387. The van der Waals surface area contributed by atoms with Gasteiger partial charge >= 0.3 is 0 Å². The first-order chi connectivity index (χ1) is 7.07. The molecule has 1 aliphatic heterocycles. The standard InChI is InChI=1S/C11H14N4/c1-11(13)14-9(7-10(12)15-11)8-5-3-2-4-6-8/h2-7,14H,13H2,1H3,(H2,12,15). The second kappa shape index (κ2) is 3.40. The lowest BCUT2D eigenvalue weighted by atomic mass is 10.1. The van der Waals surface area contributed by atoms with Gasteiger partial charge in [-0.05, 0) is 12.5 Å². The summed E-state index contributed by atoms with van der Waals surface area (Å²) in [6.07, 6.45) is 1.78. The minimum atomic E-state index is -0.829. The second-order valence-electron chi connectivity index (χ2n) is 3.73. The van der Waals surface area contributed by atoms with Gasteiger partial charge in [0.2, 0.25) is 0 Å². The third kappa shape index (κ3) is 2.16. The maximum Gasteiger partial charge on any atom is 0.181 e. The Morgan fingerprint density at radius 2 is 1.93 bits per heavy atom. The van der Waals surface area contributed by atoms with Gasteiger partial charge in [0.05, 0.1) is 0 Å². The predicted molar refractivity (Wildman–Crippen MR) is 61.8 cm³/mol. The Morgan fingerprint density at radius 3 is 2.53 bits per heavy atom. The monoisotopic (exact) mass is 202 g/mol. The van der Waals surface area contributed by atoms with Crippen LogP contribution in [0.5, 0.6) is 0 Å². The number of rotatable bonds is 1. The van der Waals surface area contributed by atoms with Crippen LogP contribution in [0.15, 0.2) is 41.4 Å². The Balaban J connectivity index is 2.37. The number of amidine groups is 1. The number of nitrogens with zero attached hydrogens (tertiary/aromatic N) is 1. The van der Waals surface area contributed by atoms with Crippen molar-refractivity contribution >= 4 is 11.5 Å². The van der Waals surface area contributed by atoms with E-state index in [0.717, 1.165) is 11.3 Å². The van der Waals surface area contributed by atoms with Crippen molar-refractivity contribution in [2.45, 2.75) is 12.7 Å². The van der Waals surface area contributed by atoms with E-state index in [1.165, 1.54) is 0 Å². The third-order valence-corrected chi connectivity index (χ3v) is 2.13. The number of nitrogens with two attached hydrogens (primary N) is 2. The lowest BCUT2D eigenvalue weighted by Gasteiger charge is -2.28. The van der Waals surface area contributed by atoms with E-state index in [-0.39, 0.29) is 0 Å². The Kier molecular flexibility index (Phi) is 2.21. The van der Waals surface area contributed by atoms with Gasteiger partial charge in [-0.3, -0.25) is 5.73 Å². The van der Waals surface area contributed by atoms with E-state index in [4.69, 9.17) is 11.5 Å². The molecule has 4 nitrogen and oxygen atoms in total. The summed E-state index contributed by atoms with van der Waals surface area (Å²) < 4.78 is 0. The van der Waals surface area contributed by atoms with E-state index in [1.54, 1.807) is 13.0 Å². The molecule has 0 fully saturated rings. The lowest BCUT2D eigenvalue weighted by molar-refractivity contribution is 0.445. The Labute approximate surface area is 88.7 Å². The summed E-state index contributed by atoms with van der Waals surface area (Å²) in [6, 6.07) is 9.88. The molecule has 0 aromatic heterocycles. The van der Waals surface area contributed by atoms with Crippen LogP contribution in [-0.2, 0) is 0 Å². The molecule has 2 rings (SSSR count). The van der Waals surface area contributed by atoms with Crippen LogP contribution < -0.4 is 16.8 Å². The van der Waals surface area contributed by atoms with Crippen LogP contribution in [0.3, 0.4) is 0 Å². The highest BCUT2D eigenvalue weighted by Crippen LogP contribution is 2.17. The zero-order valence-electron chi connectivity index (χ0n) is 8.57. The number of hydrogen-bond acceptors (Lipinski definition) is 4. The van der Waals surface area contributed by atoms with Crippen molar-refractivity contribution in [1.82, 2.24) is 5.32 Å². The Bertz CT molecular complexity index is 417. The quantitative estimate of drug-likeness (QED) is 0.625. The van der Waals surface area contributed by atoms with Crippen molar-refractivity contribution in [3.63, 3.8) is 0 Å². The number of nitrogens with one attached hydrogen (secondary N) is 1. The summed E-state index contributed by atoms with van der Waals surface area (Å²) in [5.41, 5.74) is 13.5. The number of hydrogen-bond donors (Lipinski definition) is 3. The van der Waals surface area contributed by atoms with E-state index < -0.39 is 5.79 Å². The molecule has 0 bridgehead atoms. The third-order valence-electron chi connectivity index (χ3n) is 2.13. The first-order valence-electron chi connectivity index (χ1n) is 4.76. The summed E-state index contributed by atoms with van der Waals surface area (Å²) in [4.78, 5) is 4.08. The van der Waals surface area contributed by atoms with Crippen molar-refractivity contribution in [2.24, 2.45) is 16.5 Å². The van der Waals surface area contributed by atoms with Crippen molar-refractivity contribution < 1.29 is 0 Å². The highest BCUT2D eigenvalue weighted by molar-refractivity contribution is 5.99. The maximum absolute atomic E-state index is 5.88. The van der Waals surface area contributed by atoms with E-state index in [0.29, 0.717) is 5.84 Å². The molecule has 0 radical (unpaired) electrons. The Hall–Kier alpha value is -1.81. The molecular weight excluding hydrogens is 188 g/mol. The average molecular weight is 202 g/mol. The van der Waals surface area contributed by atoms with Gasteiger partial charge in [0, 0.05) is 11.8 Å². The van der Waals surface area contributed by atoms with Gasteiger partial charge in [-0.15, -0.1) is 0 Å². The fourth-order valence-corrected chi connectivity index (χ4v) is 1.56. The molecule has 1 heterocycles.